The van der Waals surface area contributed by atoms with Gasteiger partial charge in [-0.2, -0.15) is 5.26 Å². The molecule has 1 aromatic carbocycles. The zero-order chi connectivity index (χ0) is 20.3. The van der Waals surface area contributed by atoms with E-state index in [-0.39, 0.29) is 29.2 Å². The van der Waals surface area contributed by atoms with E-state index in [1.807, 2.05) is 6.07 Å². The minimum atomic E-state index is -3.32. The summed E-state index contributed by atoms with van der Waals surface area (Å²) >= 11 is 0. The van der Waals surface area contributed by atoms with Gasteiger partial charge >= 0.3 is 0 Å². The van der Waals surface area contributed by atoms with Crippen molar-refractivity contribution in [1.82, 2.24) is 9.88 Å². The third-order valence-electron chi connectivity index (χ3n) is 4.60. The summed E-state index contributed by atoms with van der Waals surface area (Å²) in [6.07, 6.45) is 1.56. The number of sulfone groups is 1. The number of benzene rings is 1. The van der Waals surface area contributed by atoms with Crippen molar-refractivity contribution in [1.29, 1.82) is 5.26 Å². The Balaban J connectivity index is 1.54. The first-order valence-corrected chi connectivity index (χ1v) is 10.5. The molecule has 3 rings (SSSR count). The lowest BCUT2D eigenvalue weighted by molar-refractivity contribution is -0.139. The SMILES string of the molecule is CC(C)S(=O)(=O)c1ccc(CC(=O)N2CC(Oc3ncccc3C#N)C2)cc1. The minimum absolute atomic E-state index is 0.0548. The van der Waals surface area contributed by atoms with Gasteiger partial charge in [0, 0.05) is 6.20 Å². The molecule has 1 saturated heterocycles. The molecular weight excluding hydrogens is 378 g/mol. The fourth-order valence-electron chi connectivity index (χ4n) is 2.80. The highest BCUT2D eigenvalue weighted by Gasteiger charge is 2.33. The number of ether oxygens (including phenoxy) is 1. The first-order chi connectivity index (χ1) is 13.3. The highest BCUT2D eigenvalue weighted by atomic mass is 32.2. The van der Waals surface area contributed by atoms with Gasteiger partial charge in [0.15, 0.2) is 9.84 Å². The Morgan fingerprint density at radius 3 is 2.57 bits per heavy atom. The lowest BCUT2D eigenvalue weighted by Crippen LogP contribution is -2.56. The highest BCUT2D eigenvalue weighted by molar-refractivity contribution is 7.92. The smallest absolute Gasteiger partial charge is 0.232 e. The van der Waals surface area contributed by atoms with Gasteiger partial charge in [-0.25, -0.2) is 13.4 Å². The Bertz CT molecular complexity index is 1000. The van der Waals surface area contributed by atoms with Crippen molar-refractivity contribution >= 4 is 15.7 Å². The number of hydrogen-bond acceptors (Lipinski definition) is 6. The van der Waals surface area contributed by atoms with Crippen LogP contribution in [-0.2, 0) is 21.1 Å². The Labute approximate surface area is 164 Å². The summed E-state index contributed by atoms with van der Waals surface area (Å²) < 4.78 is 30.0. The largest absolute Gasteiger partial charge is 0.470 e. The molecule has 7 nitrogen and oxygen atoms in total. The standard InChI is InChI=1S/C20H21N3O4S/c1-14(2)28(25,26)18-7-5-15(6-8-18)10-19(24)23-12-17(13-23)27-20-16(11-21)4-3-9-22-20/h3-9,14,17H,10,12-13H2,1-2H3. The molecule has 146 valence electrons. The van der Waals surface area contributed by atoms with Gasteiger partial charge in [-0.15, -0.1) is 0 Å². The first-order valence-electron chi connectivity index (χ1n) is 8.93. The van der Waals surface area contributed by atoms with Gasteiger partial charge in [-0.05, 0) is 43.7 Å². The number of amides is 1. The van der Waals surface area contributed by atoms with E-state index in [0.29, 0.717) is 18.7 Å². The number of nitriles is 1. The molecule has 1 aromatic heterocycles. The van der Waals surface area contributed by atoms with E-state index < -0.39 is 15.1 Å². The molecule has 0 unspecified atom stereocenters. The number of carbonyl (C=O) groups excluding carboxylic acids is 1. The Kier molecular flexibility index (Phi) is 5.66. The van der Waals surface area contributed by atoms with E-state index in [9.17, 15) is 13.2 Å². The van der Waals surface area contributed by atoms with E-state index in [4.69, 9.17) is 10.00 Å². The maximum Gasteiger partial charge on any atom is 0.232 e. The van der Waals surface area contributed by atoms with Crippen molar-refractivity contribution in [2.75, 3.05) is 13.1 Å². The molecule has 28 heavy (non-hydrogen) atoms. The molecule has 0 bridgehead atoms. The fourth-order valence-corrected chi connectivity index (χ4v) is 3.86. The number of nitrogens with zero attached hydrogens (tertiary/aromatic N) is 3. The van der Waals surface area contributed by atoms with Gasteiger partial charge in [0.2, 0.25) is 11.8 Å². The molecule has 0 atom stereocenters. The monoisotopic (exact) mass is 399 g/mol. The minimum Gasteiger partial charge on any atom is -0.470 e. The second kappa shape index (κ2) is 7.98. The van der Waals surface area contributed by atoms with Crippen molar-refractivity contribution in [3.63, 3.8) is 0 Å². The van der Waals surface area contributed by atoms with Crippen LogP contribution in [0.4, 0.5) is 0 Å². The quantitative estimate of drug-likeness (QED) is 0.736. The third-order valence-corrected chi connectivity index (χ3v) is 6.77. The van der Waals surface area contributed by atoms with E-state index in [0.717, 1.165) is 5.56 Å². The molecule has 0 radical (unpaired) electrons. The van der Waals surface area contributed by atoms with E-state index in [1.54, 1.807) is 61.3 Å². The second-order valence-electron chi connectivity index (χ2n) is 6.92. The summed E-state index contributed by atoms with van der Waals surface area (Å²) in [7, 11) is -3.32. The summed E-state index contributed by atoms with van der Waals surface area (Å²) in [6.45, 7) is 4.14. The van der Waals surface area contributed by atoms with Crippen molar-refractivity contribution in [3.05, 3.63) is 53.7 Å². The number of carbonyl (C=O) groups is 1. The van der Waals surface area contributed by atoms with Gasteiger partial charge in [0.25, 0.3) is 0 Å². The van der Waals surface area contributed by atoms with Crippen LogP contribution >= 0.6 is 0 Å². The van der Waals surface area contributed by atoms with Crippen molar-refractivity contribution in [2.24, 2.45) is 0 Å². The maximum absolute atomic E-state index is 12.4. The number of aromatic nitrogens is 1. The number of hydrogen-bond donors (Lipinski definition) is 0. The van der Waals surface area contributed by atoms with Crippen LogP contribution in [-0.4, -0.2) is 48.7 Å². The van der Waals surface area contributed by atoms with Crippen LogP contribution in [0.5, 0.6) is 5.88 Å². The predicted molar refractivity (Wildman–Crippen MR) is 102 cm³/mol. The van der Waals surface area contributed by atoms with Gasteiger partial charge in [-0.3, -0.25) is 4.79 Å². The zero-order valence-corrected chi connectivity index (χ0v) is 16.5. The molecule has 1 fully saturated rings. The molecule has 0 saturated carbocycles. The molecule has 1 aliphatic heterocycles. The van der Waals surface area contributed by atoms with Gasteiger partial charge < -0.3 is 9.64 Å². The van der Waals surface area contributed by atoms with E-state index in [1.165, 1.54) is 0 Å². The average molecular weight is 399 g/mol. The van der Waals surface area contributed by atoms with Crippen molar-refractivity contribution < 1.29 is 17.9 Å². The van der Waals surface area contributed by atoms with Crippen LogP contribution in [0.15, 0.2) is 47.5 Å². The third kappa shape index (κ3) is 4.15. The summed E-state index contributed by atoms with van der Waals surface area (Å²) in [5.74, 6) is 0.227. The first kappa shape index (κ1) is 19.8. The number of rotatable bonds is 6. The molecule has 0 aliphatic carbocycles. The van der Waals surface area contributed by atoms with Gasteiger partial charge in [0.05, 0.1) is 29.7 Å². The van der Waals surface area contributed by atoms with E-state index >= 15 is 0 Å². The van der Waals surface area contributed by atoms with Crippen molar-refractivity contribution in [3.8, 4) is 11.9 Å². The summed E-state index contributed by atoms with van der Waals surface area (Å²) in [4.78, 5) is 18.4. The lowest BCUT2D eigenvalue weighted by Gasteiger charge is -2.38. The Morgan fingerprint density at radius 1 is 1.29 bits per heavy atom. The predicted octanol–water partition coefficient (Wildman–Crippen LogP) is 1.97. The molecule has 1 amide bonds. The van der Waals surface area contributed by atoms with Crippen LogP contribution in [0.25, 0.3) is 0 Å². The summed E-state index contributed by atoms with van der Waals surface area (Å²) in [6, 6.07) is 11.8. The number of pyridine rings is 1. The van der Waals surface area contributed by atoms with Gasteiger partial charge in [0.1, 0.15) is 17.7 Å². The molecule has 0 spiro atoms. The average Bonchev–Trinajstić information content (AvgIpc) is 2.64. The van der Waals surface area contributed by atoms with Crippen LogP contribution in [0, 0.1) is 11.3 Å². The van der Waals surface area contributed by atoms with Gasteiger partial charge in [-0.1, -0.05) is 12.1 Å². The van der Waals surface area contributed by atoms with Crippen LogP contribution in [0.3, 0.4) is 0 Å². The summed E-state index contributed by atoms with van der Waals surface area (Å²) in [5.41, 5.74) is 1.12. The molecule has 1 aliphatic rings. The lowest BCUT2D eigenvalue weighted by atomic mass is 10.1. The number of likely N-dealkylation sites (tertiary alicyclic amines) is 1. The molecule has 2 aromatic rings. The van der Waals surface area contributed by atoms with E-state index in [2.05, 4.69) is 4.98 Å². The normalized spacial score (nSPS) is 14.4. The maximum atomic E-state index is 12.4. The Hall–Kier alpha value is -2.92. The van der Waals surface area contributed by atoms with Crippen LogP contribution < -0.4 is 4.74 Å². The Morgan fingerprint density at radius 2 is 1.96 bits per heavy atom. The van der Waals surface area contributed by atoms with Crippen LogP contribution in [0.1, 0.15) is 25.0 Å². The fraction of sp³-hybridized carbons (Fsp3) is 0.350. The summed E-state index contributed by atoms with van der Waals surface area (Å²) in [5, 5.41) is 8.57. The topological polar surface area (TPSA) is 100 Å². The highest BCUT2D eigenvalue weighted by Crippen LogP contribution is 2.21. The van der Waals surface area contributed by atoms with Crippen LogP contribution in [0.2, 0.25) is 0 Å². The molecule has 2 heterocycles. The second-order valence-corrected chi connectivity index (χ2v) is 9.43. The van der Waals surface area contributed by atoms with Crippen molar-refractivity contribution in [2.45, 2.75) is 36.5 Å². The molecule has 8 heteroatoms. The zero-order valence-electron chi connectivity index (χ0n) is 15.7. The molecular formula is C20H21N3O4S. The molecule has 0 N–H and O–H groups in total.